The van der Waals surface area contributed by atoms with Crippen LogP contribution in [-0.4, -0.2) is 28.4 Å². The van der Waals surface area contributed by atoms with Crippen LogP contribution in [0.15, 0.2) is 53.8 Å². The maximum atomic E-state index is 12.3. The average Bonchev–Trinajstić information content (AvgIpc) is 3.09. The standard InChI is InChI=1S/C13H13N5O2S/c1-10-13(9-14-16-10)21(19,20)17-11-4-2-5-12(8-11)18-7-3-6-15-18/h2-9,17H,1H3,(H,14,16). The predicted molar refractivity (Wildman–Crippen MR) is 77.7 cm³/mol. The number of H-pyrrole nitrogens is 1. The average molecular weight is 303 g/mol. The minimum atomic E-state index is -3.66. The molecule has 0 fully saturated rings. The molecule has 0 amide bonds. The van der Waals surface area contributed by atoms with Gasteiger partial charge in [0, 0.05) is 12.4 Å². The van der Waals surface area contributed by atoms with Crippen molar-refractivity contribution in [2.24, 2.45) is 0 Å². The van der Waals surface area contributed by atoms with Gasteiger partial charge in [0.1, 0.15) is 4.90 Å². The van der Waals surface area contributed by atoms with Gasteiger partial charge in [-0.15, -0.1) is 0 Å². The molecule has 0 aliphatic heterocycles. The molecular weight excluding hydrogens is 290 g/mol. The number of hydrogen-bond acceptors (Lipinski definition) is 4. The fourth-order valence-corrected chi connectivity index (χ4v) is 3.14. The topological polar surface area (TPSA) is 92.7 Å². The molecule has 0 bridgehead atoms. The van der Waals surface area contributed by atoms with E-state index >= 15 is 0 Å². The van der Waals surface area contributed by atoms with Crippen LogP contribution in [-0.2, 0) is 10.0 Å². The van der Waals surface area contributed by atoms with Gasteiger partial charge in [-0.05, 0) is 31.2 Å². The van der Waals surface area contributed by atoms with Crippen molar-refractivity contribution >= 4 is 15.7 Å². The van der Waals surface area contributed by atoms with Crippen LogP contribution in [0.3, 0.4) is 0 Å². The highest BCUT2D eigenvalue weighted by molar-refractivity contribution is 7.92. The molecule has 0 saturated heterocycles. The summed E-state index contributed by atoms with van der Waals surface area (Å²) in [7, 11) is -3.66. The molecule has 2 heterocycles. The highest BCUT2D eigenvalue weighted by Gasteiger charge is 2.18. The van der Waals surface area contributed by atoms with Crippen molar-refractivity contribution in [3.8, 4) is 5.69 Å². The van der Waals surface area contributed by atoms with E-state index in [4.69, 9.17) is 0 Å². The molecule has 0 aliphatic carbocycles. The summed E-state index contributed by atoms with van der Waals surface area (Å²) in [6.45, 7) is 1.65. The Kier molecular flexibility index (Phi) is 3.22. The summed E-state index contributed by atoms with van der Waals surface area (Å²) in [5.41, 5.74) is 1.72. The maximum Gasteiger partial charge on any atom is 0.265 e. The lowest BCUT2D eigenvalue weighted by Crippen LogP contribution is -2.13. The molecule has 0 spiro atoms. The summed E-state index contributed by atoms with van der Waals surface area (Å²) in [6, 6.07) is 8.79. The molecule has 3 rings (SSSR count). The van der Waals surface area contributed by atoms with Crippen molar-refractivity contribution in [1.82, 2.24) is 20.0 Å². The molecule has 2 aromatic heterocycles. The Bertz CT molecular complexity index is 852. The zero-order valence-electron chi connectivity index (χ0n) is 11.2. The van der Waals surface area contributed by atoms with Crippen LogP contribution < -0.4 is 4.72 Å². The number of aromatic amines is 1. The number of nitrogens with one attached hydrogen (secondary N) is 2. The molecule has 8 heteroatoms. The van der Waals surface area contributed by atoms with Gasteiger partial charge in [0.2, 0.25) is 0 Å². The van der Waals surface area contributed by atoms with Gasteiger partial charge >= 0.3 is 0 Å². The van der Waals surface area contributed by atoms with Gasteiger partial charge in [-0.3, -0.25) is 9.82 Å². The van der Waals surface area contributed by atoms with Crippen molar-refractivity contribution in [1.29, 1.82) is 0 Å². The SMILES string of the molecule is Cc1[nH]ncc1S(=O)(=O)Nc1cccc(-n2cccn2)c1. The number of sulfonamides is 1. The first-order valence-electron chi connectivity index (χ1n) is 6.19. The van der Waals surface area contributed by atoms with Crippen LogP contribution >= 0.6 is 0 Å². The second-order valence-electron chi connectivity index (χ2n) is 4.47. The lowest BCUT2D eigenvalue weighted by atomic mass is 10.3. The number of benzene rings is 1. The molecule has 1 aromatic carbocycles. The highest BCUT2D eigenvalue weighted by Crippen LogP contribution is 2.19. The number of anilines is 1. The van der Waals surface area contributed by atoms with E-state index in [0.717, 1.165) is 5.69 Å². The van der Waals surface area contributed by atoms with Crippen molar-refractivity contribution in [2.45, 2.75) is 11.8 Å². The monoisotopic (exact) mass is 303 g/mol. The molecule has 108 valence electrons. The first-order valence-corrected chi connectivity index (χ1v) is 7.67. The van der Waals surface area contributed by atoms with Gasteiger partial charge in [0.25, 0.3) is 10.0 Å². The minimum Gasteiger partial charge on any atom is -0.281 e. The van der Waals surface area contributed by atoms with E-state index in [9.17, 15) is 8.42 Å². The summed E-state index contributed by atoms with van der Waals surface area (Å²) < 4.78 is 28.8. The fraction of sp³-hybridized carbons (Fsp3) is 0.0769. The molecule has 7 nitrogen and oxygen atoms in total. The summed E-state index contributed by atoms with van der Waals surface area (Å²) in [6.07, 6.45) is 4.73. The van der Waals surface area contributed by atoms with E-state index in [1.54, 1.807) is 48.3 Å². The Morgan fingerprint density at radius 3 is 2.81 bits per heavy atom. The van der Waals surface area contributed by atoms with Gasteiger partial charge in [0.05, 0.1) is 23.3 Å². The molecule has 0 aliphatic rings. The van der Waals surface area contributed by atoms with Crippen molar-refractivity contribution in [3.05, 3.63) is 54.6 Å². The van der Waals surface area contributed by atoms with Crippen LogP contribution in [0.2, 0.25) is 0 Å². The third-order valence-corrected chi connectivity index (χ3v) is 4.44. The Balaban J connectivity index is 1.92. The third kappa shape index (κ3) is 2.65. The molecule has 0 atom stereocenters. The van der Waals surface area contributed by atoms with E-state index in [1.165, 1.54) is 6.20 Å². The predicted octanol–water partition coefficient (Wildman–Crippen LogP) is 1.70. The van der Waals surface area contributed by atoms with Crippen molar-refractivity contribution in [2.75, 3.05) is 4.72 Å². The summed E-state index contributed by atoms with van der Waals surface area (Å²) in [4.78, 5) is 0.131. The van der Waals surface area contributed by atoms with Gasteiger partial charge in [0.15, 0.2) is 0 Å². The number of aromatic nitrogens is 4. The van der Waals surface area contributed by atoms with Crippen LogP contribution in [0.4, 0.5) is 5.69 Å². The largest absolute Gasteiger partial charge is 0.281 e. The summed E-state index contributed by atoms with van der Waals surface area (Å²) in [5.74, 6) is 0. The minimum absolute atomic E-state index is 0.131. The third-order valence-electron chi connectivity index (χ3n) is 2.94. The Labute approximate surface area is 121 Å². The quantitative estimate of drug-likeness (QED) is 0.767. The Morgan fingerprint density at radius 1 is 1.29 bits per heavy atom. The number of hydrogen-bond donors (Lipinski definition) is 2. The van der Waals surface area contributed by atoms with Crippen LogP contribution in [0.1, 0.15) is 5.69 Å². The molecule has 2 N–H and O–H groups in total. The molecule has 3 aromatic rings. The second kappa shape index (κ2) is 5.06. The molecule has 0 radical (unpaired) electrons. The Morgan fingerprint density at radius 2 is 2.14 bits per heavy atom. The van der Waals surface area contributed by atoms with Crippen molar-refractivity contribution < 1.29 is 8.42 Å². The van der Waals surface area contributed by atoms with Gasteiger partial charge < -0.3 is 0 Å². The van der Waals surface area contributed by atoms with Crippen molar-refractivity contribution in [3.63, 3.8) is 0 Å². The summed E-state index contributed by atoms with van der Waals surface area (Å²) in [5, 5.41) is 10.5. The number of rotatable bonds is 4. The van der Waals surface area contributed by atoms with Gasteiger partial charge in [-0.2, -0.15) is 10.2 Å². The number of nitrogens with zero attached hydrogens (tertiary/aromatic N) is 3. The maximum absolute atomic E-state index is 12.3. The first-order chi connectivity index (χ1) is 10.1. The molecular formula is C13H13N5O2S. The van der Waals surface area contributed by atoms with Crippen LogP contribution in [0.5, 0.6) is 0 Å². The van der Waals surface area contributed by atoms with Crippen LogP contribution in [0.25, 0.3) is 5.69 Å². The highest BCUT2D eigenvalue weighted by atomic mass is 32.2. The molecule has 0 saturated carbocycles. The fourth-order valence-electron chi connectivity index (χ4n) is 1.95. The zero-order chi connectivity index (χ0) is 14.9. The zero-order valence-corrected chi connectivity index (χ0v) is 12.0. The normalized spacial score (nSPS) is 11.5. The van der Waals surface area contributed by atoms with Gasteiger partial charge in [-0.25, -0.2) is 13.1 Å². The first kappa shape index (κ1) is 13.4. The summed E-state index contributed by atoms with van der Waals surface area (Å²) >= 11 is 0. The molecule has 0 unspecified atom stereocenters. The van der Waals surface area contributed by atoms with E-state index in [-0.39, 0.29) is 4.90 Å². The Hall–Kier alpha value is -2.61. The van der Waals surface area contributed by atoms with E-state index in [0.29, 0.717) is 11.4 Å². The van der Waals surface area contributed by atoms with E-state index in [1.807, 2.05) is 6.07 Å². The molecule has 21 heavy (non-hydrogen) atoms. The number of aryl methyl sites for hydroxylation is 1. The van der Waals surface area contributed by atoms with Gasteiger partial charge in [-0.1, -0.05) is 6.07 Å². The van der Waals surface area contributed by atoms with E-state index < -0.39 is 10.0 Å². The smallest absolute Gasteiger partial charge is 0.265 e. The lowest BCUT2D eigenvalue weighted by Gasteiger charge is -2.09. The van der Waals surface area contributed by atoms with Crippen LogP contribution in [0, 0.1) is 6.92 Å². The van der Waals surface area contributed by atoms with E-state index in [2.05, 4.69) is 20.0 Å². The lowest BCUT2D eigenvalue weighted by molar-refractivity contribution is 0.600. The second-order valence-corrected chi connectivity index (χ2v) is 6.12.